The average molecular weight is 305 g/mol. The van der Waals surface area contributed by atoms with E-state index in [-0.39, 0.29) is 5.03 Å². The Labute approximate surface area is 125 Å². The summed E-state index contributed by atoms with van der Waals surface area (Å²) >= 11 is 0. The van der Waals surface area contributed by atoms with E-state index in [1.54, 1.807) is 20.2 Å². The number of fused-ring (bicyclic) bond motifs is 1. The molecule has 0 atom stereocenters. The molecule has 0 amide bonds. The van der Waals surface area contributed by atoms with Gasteiger partial charge < -0.3 is 0 Å². The van der Waals surface area contributed by atoms with Crippen molar-refractivity contribution in [1.82, 2.24) is 14.5 Å². The lowest BCUT2D eigenvalue weighted by atomic mass is 10.0. The Morgan fingerprint density at radius 3 is 2.29 bits per heavy atom. The number of benzene rings is 1. The zero-order chi connectivity index (χ0) is 15.3. The molecule has 112 valence electrons. The van der Waals surface area contributed by atoms with Gasteiger partial charge >= 0.3 is 0 Å². The van der Waals surface area contributed by atoms with Gasteiger partial charge in [0.25, 0.3) is 10.0 Å². The Kier molecular flexibility index (Phi) is 3.18. The quantitative estimate of drug-likeness (QED) is 0.936. The Bertz CT molecular complexity index is 749. The van der Waals surface area contributed by atoms with Crippen molar-refractivity contribution in [3.63, 3.8) is 0 Å². The van der Waals surface area contributed by atoms with Crippen LogP contribution in [0.4, 0.5) is 0 Å². The fourth-order valence-corrected chi connectivity index (χ4v) is 4.93. The number of nitrogens with one attached hydrogen (secondary N) is 1. The van der Waals surface area contributed by atoms with Crippen LogP contribution in [-0.2, 0) is 29.9 Å². The van der Waals surface area contributed by atoms with E-state index in [4.69, 9.17) is 0 Å². The van der Waals surface area contributed by atoms with Crippen molar-refractivity contribution in [2.75, 3.05) is 0 Å². The number of nitrogens with zero attached hydrogens (tertiary/aromatic N) is 2. The minimum Gasteiger partial charge on any atom is -0.256 e. The molecule has 0 saturated heterocycles. The van der Waals surface area contributed by atoms with Gasteiger partial charge in [-0.15, -0.1) is 0 Å². The lowest BCUT2D eigenvalue weighted by Gasteiger charge is -2.25. The predicted molar refractivity (Wildman–Crippen MR) is 80.5 cm³/mol. The molecule has 0 fully saturated rings. The highest BCUT2D eigenvalue weighted by atomic mass is 32.2. The molecule has 0 radical (unpaired) electrons. The summed E-state index contributed by atoms with van der Waals surface area (Å²) < 4.78 is 29.6. The molecule has 0 spiro atoms. The lowest BCUT2D eigenvalue weighted by molar-refractivity contribution is 0.432. The van der Waals surface area contributed by atoms with E-state index in [9.17, 15) is 8.42 Å². The second-order valence-corrected chi connectivity index (χ2v) is 7.64. The fourth-order valence-electron chi connectivity index (χ4n) is 3.17. The lowest BCUT2D eigenvalue weighted by Crippen LogP contribution is -2.47. The molecule has 6 heteroatoms. The maximum atomic E-state index is 12.7. The first-order valence-corrected chi connectivity index (χ1v) is 8.38. The van der Waals surface area contributed by atoms with Gasteiger partial charge in [-0.1, -0.05) is 24.3 Å². The summed E-state index contributed by atoms with van der Waals surface area (Å²) in [5.41, 5.74) is 2.59. The molecule has 2 aromatic rings. The summed E-state index contributed by atoms with van der Waals surface area (Å²) in [6.45, 7) is 3.71. The molecule has 1 aliphatic rings. The minimum absolute atomic E-state index is 0.236. The van der Waals surface area contributed by atoms with Crippen molar-refractivity contribution in [2.45, 2.75) is 37.3 Å². The highest BCUT2D eigenvalue weighted by Crippen LogP contribution is 2.31. The van der Waals surface area contributed by atoms with Gasteiger partial charge in [0, 0.05) is 18.2 Å². The minimum atomic E-state index is -3.59. The van der Waals surface area contributed by atoms with Crippen molar-refractivity contribution in [3.05, 3.63) is 47.2 Å². The molecule has 0 saturated carbocycles. The number of hydrogen-bond acceptors (Lipinski definition) is 3. The number of hydrogen-bond donors (Lipinski definition) is 1. The second-order valence-electron chi connectivity index (χ2n) is 6.04. The van der Waals surface area contributed by atoms with E-state index in [0.29, 0.717) is 18.4 Å². The van der Waals surface area contributed by atoms with E-state index in [1.807, 2.05) is 19.1 Å². The van der Waals surface area contributed by atoms with Gasteiger partial charge in [0.05, 0.1) is 6.20 Å². The maximum Gasteiger partial charge on any atom is 0.258 e. The van der Waals surface area contributed by atoms with E-state index in [0.717, 1.165) is 0 Å². The van der Waals surface area contributed by atoms with Crippen LogP contribution in [-0.4, -0.2) is 23.7 Å². The highest BCUT2D eigenvalue weighted by molar-refractivity contribution is 7.89. The van der Waals surface area contributed by atoms with Crippen LogP contribution in [0.5, 0.6) is 0 Å². The average Bonchev–Trinajstić information content (AvgIpc) is 2.87. The highest BCUT2D eigenvalue weighted by Gasteiger charge is 2.37. The van der Waals surface area contributed by atoms with Crippen LogP contribution in [0.15, 0.2) is 35.5 Å². The van der Waals surface area contributed by atoms with Gasteiger partial charge in [-0.3, -0.25) is 4.68 Å². The number of aromatic nitrogens is 2. The van der Waals surface area contributed by atoms with E-state index < -0.39 is 15.6 Å². The third-order valence-corrected chi connectivity index (χ3v) is 5.83. The molecule has 1 aliphatic carbocycles. The Hall–Kier alpha value is -1.66. The summed E-state index contributed by atoms with van der Waals surface area (Å²) in [7, 11) is -1.94. The van der Waals surface area contributed by atoms with Crippen molar-refractivity contribution in [1.29, 1.82) is 0 Å². The second kappa shape index (κ2) is 4.68. The monoisotopic (exact) mass is 305 g/mol. The third-order valence-electron chi connectivity index (χ3n) is 3.97. The van der Waals surface area contributed by atoms with Crippen LogP contribution in [0.3, 0.4) is 0 Å². The van der Waals surface area contributed by atoms with E-state index >= 15 is 0 Å². The molecule has 21 heavy (non-hydrogen) atoms. The van der Waals surface area contributed by atoms with Crippen molar-refractivity contribution < 1.29 is 8.42 Å². The van der Waals surface area contributed by atoms with Gasteiger partial charge in [-0.2, -0.15) is 5.10 Å². The van der Waals surface area contributed by atoms with Crippen LogP contribution in [0.25, 0.3) is 0 Å². The Morgan fingerprint density at radius 2 is 1.81 bits per heavy atom. The molecular formula is C15H19N3O2S. The smallest absolute Gasteiger partial charge is 0.256 e. The zero-order valence-corrected chi connectivity index (χ0v) is 13.2. The third kappa shape index (κ3) is 2.49. The SMILES string of the molecule is Cc1cnn(C)c1S(=O)(=O)NC1(C)Cc2ccccc2C1. The summed E-state index contributed by atoms with van der Waals surface area (Å²) in [5.74, 6) is 0. The van der Waals surface area contributed by atoms with Crippen LogP contribution in [0, 0.1) is 6.92 Å². The van der Waals surface area contributed by atoms with Crippen molar-refractivity contribution >= 4 is 10.0 Å². The number of aryl methyl sites for hydroxylation is 2. The largest absolute Gasteiger partial charge is 0.258 e. The standard InChI is InChI=1S/C15H19N3O2S/c1-11-10-16-18(3)14(11)21(19,20)17-15(2)8-12-6-4-5-7-13(12)9-15/h4-7,10,17H,8-9H2,1-3H3. The number of rotatable bonds is 3. The Balaban J connectivity index is 1.91. The van der Waals surface area contributed by atoms with Crippen LogP contribution in [0.1, 0.15) is 23.6 Å². The summed E-state index contributed by atoms with van der Waals surface area (Å²) in [6, 6.07) is 8.10. The molecule has 0 aliphatic heterocycles. The molecule has 1 aromatic heterocycles. The molecule has 1 aromatic carbocycles. The van der Waals surface area contributed by atoms with Gasteiger partial charge in [-0.25, -0.2) is 13.1 Å². The molecule has 3 rings (SSSR count). The van der Waals surface area contributed by atoms with Crippen LogP contribution in [0.2, 0.25) is 0 Å². The van der Waals surface area contributed by atoms with Gasteiger partial charge in [0.1, 0.15) is 0 Å². The zero-order valence-electron chi connectivity index (χ0n) is 12.4. The summed E-state index contributed by atoms with van der Waals surface area (Å²) in [4.78, 5) is 0. The first-order valence-electron chi connectivity index (χ1n) is 6.90. The molecular weight excluding hydrogens is 286 g/mol. The molecule has 0 bridgehead atoms. The normalized spacial score (nSPS) is 16.9. The van der Waals surface area contributed by atoms with Gasteiger partial charge in [0.15, 0.2) is 5.03 Å². The maximum absolute atomic E-state index is 12.7. The molecule has 1 N–H and O–H groups in total. The molecule has 1 heterocycles. The first-order chi connectivity index (χ1) is 9.81. The van der Waals surface area contributed by atoms with Crippen LogP contribution >= 0.6 is 0 Å². The topological polar surface area (TPSA) is 64.0 Å². The van der Waals surface area contributed by atoms with Crippen LogP contribution < -0.4 is 4.72 Å². The first kappa shape index (κ1) is 14.3. The molecule has 5 nitrogen and oxygen atoms in total. The molecule has 0 unspecified atom stereocenters. The predicted octanol–water partition coefficient (Wildman–Crippen LogP) is 1.56. The van der Waals surface area contributed by atoms with Crippen molar-refractivity contribution in [2.24, 2.45) is 7.05 Å². The van der Waals surface area contributed by atoms with Gasteiger partial charge in [-0.05, 0) is 37.8 Å². The summed E-state index contributed by atoms with van der Waals surface area (Å²) in [5, 5.41) is 4.25. The Morgan fingerprint density at radius 1 is 1.24 bits per heavy atom. The van der Waals surface area contributed by atoms with E-state index in [1.165, 1.54) is 15.8 Å². The van der Waals surface area contributed by atoms with Crippen molar-refractivity contribution in [3.8, 4) is 0 Å². The fraction of sp³-hybridized carbons (Fsp3) is 0.400. The number of sulfonamides is 1. The van der Waals surface area contributed by atoms with Gasteiger partial charge in [0.2, 0.25) is 0 Å². The summed E-state index contributed by atoms with van der Waals surface area (Å²) in [6.07, 6.45) is 2.99. The van der Waals surface area contributed by atoms with E-state index in [2.05, 4.69) is 22.0 Å².